The van der Waals surface area contributed by atoms with Crippen molar-refractivity contribution < 1.29 is 9.53 Å². The maximum Gasteiger partial charge on any atom is 0.234 e. The Morgan fingerprint density at radius 2 is 2.38 bits per heavy atom. The molecule has 1 aromatic carbocycles. The van der Waals surface area contributed by atoms with Crippen molar-refractivity contribution in [1.29, 1.82) is 0 Å². The highest BCUT2D eigenvalue weighted by atomic mass is 32.2. The summed E-state index contributed by atoms with van der Waals surface area (Å²) in [6.45, 7) is 3.60. The highest BCUT2D eigenvalue weighted by Crippen LogP contribution is 2.26. The first-order chi connectivity index (χ1) is 11.7. The van der Waals surface area contributed by atoms with Crippen molar-refractivity contribution in [2.24, 2.45) is 0 Å². The molecule has 1 saturated heterocycles. The Kier molecular flexibility index (Phi) is 6.06. The van der Waals surface area contributed by atoms with E-state index in [1.54, 1.807) is 0 Å². The highest BCUT2D eigenvalue weighted by molar-refractivity contribution is 8.01. The quantitative estimate of drug-likeness (QED) is 0.735. The first-order valence-corrected chi connectivity index (χ1v) is 9.67. The highest BCUT2D eigenvalue weighted by Gasteiger charge is 2.16. The number of nitrogens with zero attached hydrogens (tertiary/aromatic N) is 2. The van der Waals surface area contributed by atoms with E-state index in [9.17, 15) is 4.79 Å². The second kappa shape index (κ2) is 8.46. The van der Waals surface area contributed by atoms with Crippen LogP contribution in [0, 0.1) is 6.92 Å². The lowest BCUT2D eigenvalue weighted by atomic mass is 10.2. The number of rotatable bonds is 7. The molecule has 0 bridgehead atoms. The van der Waals surface area contributed by atoms with E-state index in [1.807, 2.05) is 31.2 Å². The van der Waals surface area contributed by atoms with Crippen molar-refractivity contribution in [3.05, 3.63) is 29.8 Å². The van der Waals surface area contributed by atoms with Gasteiger partial charge in [-0.15, -0.1) is 10.2 Å². The summed E-state index contributed by atoms with van der Waals surface area (Å²) >= 11 is 2.85. The molecule has 0 radical (unpaired) electrons. The number of hydrogen-bond acceptors (Lipinski definition) is 7. The second-order valence-corrected chi connectivity index (χ2v) is 7.80. The molecule has 3 rings (SSSR count). The monoisotopic (exact) mass is 364 g/mol. The van der Waals surface area contributed by atoms with Gasteiger partial charge in [-0.25, -0.2) is 0 Å². The summed E-state index contributed by atoms with van der Waals surface area (Å²) in [7, 11) is 0. The van der Waals surface area contributed by atoms with Crippen molar-refractivity contribution >= 4 is 39.8 Å². The molecule has 2 N–H and O–H groups in total. The fourth-order valence-electron chi connectivity index (χ4n) is 2.39. The molecule has 6 nitrogen and oxygen atoms in total. The molecule has 0 aliphatic carbocycles. The summed E-state index contributed by atoms with van der Waals surface area (Å²) in [6.07, 6.45) is 2.48. The molecule has 1 aliphatic heterocycles. The topological polar surface area (TPSA) is 76.1 Å². The zero-order valence-electron chi connectivity index (χ0n) is 13.4. The maximum absolute atomic E-state index is 12.0. The fraction of sp³-hybridized carbons (Fsp3) is 0.438. The Morgan fingerprint density at radius 3 is 3.17 bits per heavy atom. The SMILES string of the molecule is Cc1cccc(NC(=O)CSc2nnc(NC[C@H]3CCCO3)s2)c1. The van der Waals surface area contributed by atoms with E-state index in [-0.39, 0.29) is 12.0 Å². The summed E-state index contributed by atoms with van der Waals surface area (Å²) < 4.78 is 6.34. The summed E-state index contributed by atoms with van der Waals surface area (Å²) in [5, 5.41) is 15.1. The number of hydrogen-bond donors (Lipinski definition) is 2. The van der Waals surface area contributed by atoms with E-state index in [2.05, 4.69) is 20.8 Å². The molecular weight excluding hydrogens is 344 g/mol. The Bertz CT molecular complexity index is 686. The Balaban J connectivity index is 1.42. The minimum atomic E-state index is -0.0466. The standard InChI is InChI=1S/C16H20N4O2S2/c1-11-4-2-5-12(8-11)18-14(21)10-23-16-20-19-15(24-16)17-9-13-6-3-7-22-13/h2,4-5,8,13H,3,6-7,9-10H2,1H3,(H,17,19)(H,18,21)/t13-/m1/s1. The summed E-state index contributed by atoms with van der Waals surface area (Å²) in [5.74, 6) is 0.267. The molecule has 128 valence electrons. The van der Waals surface area contributed by atoms with E-state index in [0.29, 0.717) is 5.75 Å². The molecule has 24 heavy (non-hydrogen) atoms. The van der Waals surface area contributed by atoms with E-state index in [4.69, 9.17) is 4.74 Å². The minimum Gasteiger partial charge on any atom is -0.376 e. The van der Waals surface area contributed by atoms with Gasteiger partial charge in [0.25, 0.3) is 0 Å². The Hall–Kier alpha value is -1.64. The molecule has 1 aromatic heterocycles. The number of amides is 1. The number of aromatic nitrogens is 2. The molecule has 2 aromatic rings. The lowest BCUT2D eigenvalue weighted by Crippen LogP contribution is -2.18. The fourth-order valence-corrected chi connectivity index (χ4v) is 3.95. The van der Waals surface area contributed by atoms with Crippen LogP contribution >= 0.6 is 23.1 Å². The zero-order chi connectivity index (χ0) is 16.8. The van der Waals surface area contributed by atoms with Gasteiger partial charge in [0, 0.05) is 18.8 Å². The number of nitrogens with one attached hydrogen (secondary N) is 2. The average Bonchev–Trinajstić information content (AvgIpc) is 3.23. The Morgan fingerprint density at radius 1 is 1.46 bits per heavy atom. The first kappa shape index (κ1) is 17.2. The van der Waals surface area contributed by atoms with E-state index in [1.165, 1.54) is 23.1 Å². The molecule has 1 aliphatic rings. The van der Waals surface area contributed by atoms with Gasteiger partial charge < -0.3 is 15.4 Å². The number of aryl methyl sites for hydroxylation is 1. The molecule has 0 saturated carbocycles. The number of carbonyl (C=O) groups excluding carboxylic acids is 1. The van der Waals surface area contributed by atoms with Crippen LogP contribution in [0.1, 0.15) is 18.4 Å². The first-order valence-electron chi connectivity index (χ1n) is 7.87. The van der Waals surface area contributed by atoms with Crippen LogP contribution in [-0.2, 0) is 9.53 Å². The lowest BCUT2D eigenvalue weighted by molar-refractivity contribution is -0.113. The van der Waals surface area contributed by atoms with Crippen molar-refractivity contribution in [3.63, 3.8) is 0 Å². The average molecular weight is 364 g/mol. The van der Waals surface area contributed by atoms with E-state index < -0.39 is 0 Å². The van der Waals surface area contributed by atoms with Crippen LogP contribution < -0.4 is 10.6 Å². The number of thioether (sulfide) groups is 1. The van der Waals surface area contributed by atoms with Crippen molar-refractivity contribution in [2.75, 3.05) is 29.5 Å². The predicted octanol–water partition coefficient (Wildman–Crippen LogP) is 3.17. The predicted molar refractivity (Wildman–Crippen MR) is 97.9 cm³/mol. The van der Waals surface area contributed by atoms with Gasteiger partial charge in [-0.3, -0.25) is 4.79 Å². The number of anilines is 2. The largest absolute Gasteiger partial charge is 0.376 e. The lowest BCUT2D eigenvalue weighted by Gasteiger charge is -2.08. The van der Waals surface area contributed by atoms with Gasteiger partial charge in [-0.1, -0.05) is 35.2 Å². The van der Waals surface area contributed by atoms with Gasteiger partial charge in [-0.05, 0) is 37.5 Å². The van der Waals surface area contributed by atoms with Crippen molar-refractivity contribution in [1.82, 2.24) is 10.2 Å². The minimum absolute atomic E-state index is 0.0466. The Labute approximate surface area is 149 Å². The van der Waals surface area contributed by atoms with Crippen LogP contribution in [0.2, 0.25) is 0 Å². The van der Waals surface area contributed by atoms with Crippen molar-refractivity contribution in [3.8, 4) is 0 Å². The molecule has 8 heteroatoms. The van der Waals surface area contributed by atoms with Crippen LogP contribution in [0.25, 0.3) is 0 Å². The number of carbonyl (C=O) groups is 1. The van der Waals surface area contributed by atoms with Crippen LogP contribution in [0.4, 0.5) is 10.8 Å². The maximum atomic E-state index is 12.0. The summed E-state index contributed by atoms with van der Waals surface area (Å²) in [5.41, 5.74) is 1.93. The van der Waals surface area contributed by atoms with Gasteiger partial charge in [0.2, 0.25) is 11.0 Å². The van der Waals surface area contributed by atoms with Crippen LogP contribution in [0.5, 0.6) is 0 Å². The third kappa shape index (κ3) is 5.19. The summed E-state index contributed by atoms with van der Waals surface area (Å²) in [6, 6.07) is 7.75. The molecule has 2 heterocycles. The number of benzene rings is 1. The molecule has 0 unspecified atom stereocenters. The second-order valence-electron chi connectivity index (χ2n) is 5.60. The van der Waals surface area contributed by atoms with Crippen LogP contribution in [-0.4, -0.2) is 41.1 Å². The summed E-state index contributed by atoms with van der Waals surface area (Å²) in [4.78, 5) is 12.0. The van der Waals surface area contributed by atoms with Gasteiger partial charge in [0.05, 0.1) is 11.9 Å². The molecule has 0 spiro atoms. The van der Waals surface area contributed by atoms with Crippen LogP contribution in [0.3, 0.4) is 0 Å². The number of ether oxygens (including phenoxy) is 1. The third-order valence-corrected chi connectivity index (χ3v) is 5.55. The van der Waals surface area contributed by atoms with Crippen LogP contribution in [0.15, 0.2) is 28.6 Å². The van der Waals surface area contributed by atoms with E-state index >= 15 is 0 Å². The normalized spacial score (nSPS) is 17.0. The molecular formula is C16H20N4O2S2. The smallest absolute Gasteiger partial charge is 0.234 e. The van der Waals surface area contributed by atoms with Gasteiger partial charge in [0.15, 0.2) is 4.34 Å². The molecule has 1 amide bonds. The van der Waals surface area contributed by atoms with E-state index in [0.717, 1.165) is 46.7 Å². The van der Waals surface area contributed by atoms with Gasteiger partial charge in [-0.2, -0.15) is 0 Å². The van der Waals surface area contributed by atoms with Crippen molar-refractivity contribution in [2.45, 2.75) is 30.2 Å². The van der Waals surface area contributed by atoms with Gasteiger partial charge in [0.1, 0.15) is 0 Å². The molecule has 1 fully saturated rings. The molecule has 1 atom stereocenters. The zero-order valence-corrected chi connectivity index (χ0v) is 15.1. The third-order valence-electron chi connectivity index (χ3n) is 3.54. The van der Waals surface area contributed by atoms with Gasteiger partial charge >= 0.3 is 0 Å².